The van der Waals surface area contributed by atoms with Crippen LogP contribution in [0, 0.1) is 5.92 Å². The number of hydrogen-bond acceptors (Lipinski definition) is 4. The van der Waals surface area contributed by atoms with Crippen molar-refractivity contribution in [1.82, 2.24) is 5.32 Å². The molecule has 1 aromatic carbocycles. The summed E-state index contributed by atoms with van der Waals surface area (Å²) in [6.07, 6.45) is 0.626. The molecule has 1 rings (SSSR count). The zero-order valence-electron chi connectivity index (χ0n) is 11.0. The normalized spacial score (nSPS) is 13.4. The molecule has 0 bridgehead atoms. The molecule has 0 spiro atoms. The molecule has 1 aromatic rings. The number of nitrogens with one attached hydrogen (secondary N) is 1. The number of benzene rings is 1. The number of aldehydes is 1. The molecule has 3 N–H and O–H groups in total. The standard InChI is InChI=1S/C14H20N2O3/c1-11(8-15)7-13(9-17)16-14(18)19-10-12-5-3-2-4-6-12/h2-6,9,11,13H,7-8,10,15H2,1H3,(H,16,18)/t11?,13-/m1/s1. The minimum atomic E-state index is -0.592. The van der Waals surface area contributed by atoms with E-state index in [0.717, 1.165) is 5.56 Å². The van der Waals surface area contributed by atoms with Crippen LogP contribution in [0.2, 0.25) is 0 Å². The lowest BCUT2D eigenvalue weighted by Crippen LogP contribution is -2.38. The van der Waals surface area contributed by atoms with Gasteiger partial charge in [-0.2, -0.15) is 0 Å². The number of amides is 1. The van der Waals surface area contributed by atoms with Crippen LogP contribution < -0.4 is 11.1 Å². The van der Waals surface area contributed by atoms with Crippen LogP contribution in [-0.2, 0) is 16.1 Å². The van der Waals surface area contributed by atoms with E-state index in [1.165, 1.54) is 0 Å². The van der Waals surface area contributed by atoms with Gasteiger partial charge < -0.3 is 20.6 Å². The Labute approximate surface area is 113 Å². The first-order valence-corrected chi connectivity index (χ1v) is 6.28. The highest BCUT2D eigenvalue weighted by Gasteiger charge is 2.15. The molecule has 1 amide bonds. The summed E-state index contributed by atoms with van der Waals surface area (Å²) in [5.74, 6) is 0.171. The number of nitrogens with two attached hydrogens (primary N) is 1. The molecule has 0 saturated heterocycles. The molecule has 0 aromatic heterocycles. The second kappa shape index (κ2) is 8.26. The van der Waals surface area contributed by atoms with Crippen LogP contribution in [0.1, 0.15) is 18.9 Å². The summed E-state index contributed by atoms with van der Waals surface area (Å²) >= 11 is 0. The third-order valence-corrected chi connectivity index (χ3v) is 2.74. The van der Waals surface area contributed by atoms with E-state index in [2.05, 4.69) is 5.32 Å². The molecular formula is C14H20N2O3. The van der Waals surface area contributed by atoms with Crippen LogP contribution in [0.15, 0.2) is 30.3 Å². The maximum absolute atomic E-state index is 11.5. The fraction of sp³-hybridized carbons (Fsp3) is 0.429. The first kappa shape index (κ1) is 15.2. The van der Waals surface area contributed by atoms with Gasteiger partial charge in [-0.05, 0) is 24.4 Å². The molecule has 104 valence electrons. The van der Waals surface area contributed by atoms with Crippen molar-refractivity contribution < 1.29 is 14.3 Å². The molecule has 1 unspecified atom stereocenters. The van der Waals surface area contributed by atoms with E-state index in [1.54, 1.807) is 0 Å². The predicted molar refractivity (Wildman–Crippen MR) is 72.5 cm³/mol. The Morgan fingerprint density at radius 2 is 2.11 bits per heavy atom. The zero-order chi connectivity index (χ0) is 14.1. The summed E-state index contributed by atoms with van der Waals surface area (Å²) in [5, 5.41) is 2.52. The van der Waals surface area contributed by atoms with E-state index in [4.69, 9.17) is 10.5 Å². The van der Waals surface area contributed by atoms with Crippen molar-refractivity contribution in [3.05, 3.63) is 35.9 Å². The van der Waals surface area contributed by atoms with Crippen LogP contribution in [0.5, 0.6) is 0 Å². The molecule has 5 nitrogen and oxygen atoms in total. The minimum absolute atomic E-state index is 0.171. The number of alkyl carbamates (subject to hydrolysis) is 1. The van der Waals surface area contributed by atoms with Gasteiger partial charge in [0.15, 0.2) is 0 Å². The predicted octanol–water partition coefficient (Wildman–Crippen LogP) is 1.47. The summed E-state index contributed by atoms with van der Waals surface area (Å²) in [6.45, 7) is 2.59. The monoisotopic (exact) mass is 264 g/mol. The van der Waals surface area contributed by atoms with Gasteiger partial charge in [0.05, 0.1) is 6.04 Å². The molecule has 0 saturated carbocycles. The van der Waals surface area contributed by atoms with Crippen molar-refractivity contribution in [2.75, 3.05) is 6.54 Å². The van der Waals surface area contributed by atoms with Gasteiger partial charge in [0, 0.05) is 0 Å². The smallest absolute Gasteiger partial charge is 0.408 e. The van der Waals surface area contributed by atoms with Crippen LogP contribution in [0.25, 0.3) is 0 Å². The summed E-state index contributed by atoms with van der Waals surface area (Å²) in [4.78, 5) is 22.4. The average Bonchev–Trinajstić information content (AvgIpc) is 2.45. The molecule has 0 aliphatic rings. The number of hydrogen-bond donors (Lipinski definition) is 2. The Balaban J connectivity index is 2.35. The highest BCUT2D eigenvalue weighted by Crippen LogP contribution is 2.04. The van der Waals surface area contributed by atoms with Crippen molar-refractivity contribution in [2.24, 2.45) is 11.7 Å². The fourth-order valence-electron chi connectivity index (χ4n) is 1.59. The third-order valence-electron chi connectivity index (χ3n) is 2.74. The van der Waals surface area contributed by atoms with Crippen molar-refractivity contribution in [3.8, 4) is 0 Å². The Hall–Kier alpha value is -1.88. The Kier molecular flexibility index (Phi) is 6.60. The van der Waals surface area contributed by atoms with E-state index in [-0.39, 0.29) is 12.5 Å². The molecule has 0 aliphatic carbocycles. The van der Waals surface area contributed by atoms with Gasteiger partial charge >= 0.3 is 6.09 Å². The number of rotatable bonds is 7. The highest BCUT2D eigenvalue weighted by molar-refractivity contribution is 5.73. The molecule has 0 aliphatic heterocycles. The van der Waals surface area contributed by atoms with E-state index < -0.39 is 12.1 Å². The van der Waals surface area contributed by atoms with E-state index >= 15 is 0 Å². The van der Waals surface area contributed by atoms with Crippen molar-refractivity contribution in [1.29, 1.82) is 0 Å². The first-order chi connectivity index (χ1) is 9.15. The third kappa shape index (κ3) is 6.01. The van der Waals surface area contributed by atoms with Gasteiger partial charge in [-0.25, -0.2) is 4.79 Å². The van der Waals surface area contributed by atoms with Crippen LogP contribution in [0.3, 0.4) is 0 Å². The second-order valence-electron chi connectivity index (χ2n) is 4.53. The van der Waals surface area contributed by atoms with Gasteiger partial charge in [0.2, 0.25) is 0 Å². The SMILES string of the molecule is CC(CN)C[C@H](C=O)NC(=O)OCc1ccccc1. The highest BCUT2D eigenvalue weighted by atomic mass is 16.5. The first-order valence-electron chi connectivity index (χ1n) is 6.28. The van der Waals surface area contributed by atoms with Crippen molar-refractivity contribution in [3.63, 3.8) is 0 Å². The van der Waals surface area contributed by atoms with Gasteiger partial charge in [-0.3, -0.25) is 0 Å². The summed E-state index contributed by atoms with van der Waals surface area (Å²) in [5.41, 5.74) is 6.38. The van der Waals surface area contributed by atoms with Crippen LogP contribution in [0.4, 0.5) is 4.79 Å². The summed E-state index contributed by atoms with van der Waals surface area (Å²) < 4.78 is 5.04. The number of carbonyl (C=O) groups excluding carboxylic acids is 2. The van der Waals surface area contributed by atoms with Gasteiger partial charge in [-0.15, -0.1) is 0 Å². The number of carbonyl (C=O) groups is 2. The van der Waals surface area contributed by atoms with E-state index in [1.807, 2.05) is 37.3 Å². The van der Waals surface area contributed by atoms with Crippen molar-refractivity contribution in [2.45, 2.75) is 26.0 Å². The lowest BCUT2D eigenvalue weighted by Gasteiger charge is -2.16. The second-order valence-corrected chi connectivity index (χ2v) is 4.53. The molecule has 0 fully saturated rings. The average molecular weight is 264 g/mol. The molecule has 5 heteroatoms. The maximum Gasteiger partial charge on any atom is 0.408 e. The van der Waals surface area contributed by atoms with Crippen LogP contribution in [-0.4, -0.2) is 25.0 Å². The maximum atomic E-state index is 11.5. The van der Waals surface area contributed by atoms with Crippen molar-refractivity contribution >= 4 is 12.4 Å². The fourth-order valence-corrected chi connectivity index (χ4v) is 1.59. The Morgan fingerprint density at radius 3 is 2.68 bits per heavy atom. The topological polar surface area (TPSA) is 81.4 Å². The zero-order valence-corrected chi connectivity index (χ0v) is 11.0. The molecule has 19 heavy (non-hydrogen) atoms. The molecule has 0 heterocycles. The number of ether oxygens (including phenoxy) is 1. The Morgan fingerprint density at radius 1 is 1.42 bits per heavy atom. The lowest BCUT2D eigenvalue weighted by atomic mass is 10.0. The summed E-state index contributed by atoms with van der Waals surface area (Å²) in [7, 11) is 0. The van der Waals surface area contributed by atoms with E-state index in [0.29, 0.717) is 19.3 Å². The molecule has 0 radical (unpaired) electrons. The van der Waals surface area contributed by atoms with Gasteiger partial charge in [0.25, 0.3) is 0 Å². The van der Waals surface area contributed by atoms with Gasteiger partial charge in [-0.1, -0.05) is 37.3 Å². The summed E-state index contributed by atoms with van der Waals surface area (Å²) in [6, 6.07) is 8.80. The van der Waals surface area contributed by atoms with Crippen LogP contribution >= 0.6 is 0 Å². The minimum Gasteiger partial charge on any atom is -0.445 e. The lowest BCUT2D eigenvalue weighted by molar-refractivity contribution is -0.109. The quantitative estimate of drug-likeness (QED) is 0.731. The van der Waals surface area contributed by atoms with Gasteiger partial charge in [0.1, 0.15) is 12.9 Å². The van der Waals surface area contributed by atoms with E-state index in [9.17, 15) is 9.59 Å². The molecular weight excluding hydrogens is 244 g/mol. The largest absolute Gasteiger partial charge is 0.445 e. The Bertz CT molecular complexity index is 395. The molecule has 2 atom stereocenters.